The number of carbonyl (C=O) groups excluding carboxylic acids is 1. The van der Waals surface area contributed by atoms with Gasteiger partial charge in [-0.25, -0.2) is 13.1 Å². The van der Waals surface area contributed by atoms with Crippen molar-refractivity contribution in [1.29, 1.82) is 0 Å². The quantitative estimate of drug-likeness (QED) is 0.688. The molecular weight excluding hydrogens is 360 g/mol. The van der Waals surface area contributed by atoms with Crippen LogP contribution in [0.5, 0.6) is 5.75 Å². The molecule has 0 saturated carbocycles. The molecule has 1 aliphatic rings. The summed E-state index contributed by atoms with van der Waals surface area (Å²) < 4.78 is 31.7. The highest BCUT2D eigenvalue weighted by molar-refractivity contribution is 7.88. The Labute approximate surface area is 151 Å². The van der Waals surface area contributed by atoms with Gasteiger partial charge in [-0.1, -0.05) is 6.07 Å². The summed E-state index contributed by atoms with van der Waals surface area (Å²) in [6.45, 7) is 1.53. The molecule has 3 rings (SSSR count). The highest BCUT2D eigenvalue weighted by Crippen LogP contribution is 2.17. The van der Waals surface area contributed by atoms with Crippen LogP contribution in [-0.4, -0.2) is 76.2 Å². The van der Waals surface area contributed by atoms with E-state index in [0.29, 0.717) is 43.3 Å². The van der Waals surface area contributed by atoms with E-state index >= 15 is 0 Å². The third-order valence-corrected chi connectivity index (χ3v) is 5.45. The van der Waals surface area contributed by atoms with Gasteiger partial charge < -0.3 is 9.64 Å². The largest absolute Gasteiger partial charge is 0.486 e. The van der Waals surface area contributed by atoms with Crippen LogP contribution in [0.1, 0.15) is 16.2 Å². The molecule has 10 nitrogen and oxygen atoms in total. The maximum absolute atomic E-state index is 12.7. The molecule has 0 bridgehead atoms. The number of nitrogens with zero attached hydrogens (tertiary/aromatic N) is 6. The standard InChI is InChI=1S/C15H20N6O4S/c1-19-14(16-17-18-19)11-25-13-5-3-4-12(10-13)15(22)20-6-8-21(9-7-20)26(2,23)24/h3-5,10H,6-9,11H2,1-2H3. The highest BCUT2D eigenvalue weighted by atomic mass is 32.2. The van der Waals surface area contributed by atoms with Crippen molar-refractivity contribution in [2.24, 2.45) is 7.05 Å². The van der Waals surface area contributed by atoms with Crippen LogP contribution in [0.2, 0.25) is 0 Å². The fraction of sp³-hybridized carbons (Fsp3) is 0.467. The fourth-order valence-electron chi connectivity index (χ4n) is 2.64. The number of rotatable bonds is 5. The fourth-order valence-corrected chi connectivity index (χ4v) is 3.47. The second-order valence-corrected chi connectivity index (χ2v) is 7.97. The lowest BCUT2D eigenvalue weighted by Crippen LogP contribution is -2.50. The number of sulfonamides is 1. The summed E-state index contributed by atoms with van der Waals surface area (Å²) in [6, 6.07) is 6.86. The van der Waals surface area contributed by atoms with Gasteiger partial charge in [-0.15, -0.1) is 5.10 Å². The molecule has 0 atom stereocenters. The average Bonchev–Trinajstić information content (AvgIpc) is 3.04. The summed E-state index contributed by atoms with van der Waals surface area (Å²) in [5.41, 5.74) is 0.492. The second-order valence-electron chi connectivity index (χ2n) is 5.99. The normalized spacial score (nSPS) is 15.8. The molecule has 1 saturated heterocycles. The lowest BCUT2D eigenvalue weighted by Gasteiger charge is -2.33. The Morgan fingerprint density at radius 2 is 1.96 bits per heavy atom. The first-order valence-corrected chi connectivity index (χ1v) is 9.88. The van der Waals surface area contributed by atoms with Crippen molar-refractivity contribution in [2.45, 2.75) is 6.61 Å². The van der Waals surface area contributed by atoms with Crippen LogP contribution in [0.15, 0.2) is 24.3 Å². The maximum Gasteiger partial charge on any atom is 0.254 e. The topological polar surface area (TPSA) is 111 Å². The summed E-state index contributed by atoms with van der Waals surface area (Å²) in [6.07, 6.45) is 1.18. The number of aryl methyl sites for hydroxylation is 1. The minimum Gasteiger partial charge on any atom is -0.486 e. The molecular formula is C15H20N6O4S. The van der Waals surface area contributed by atoms with E-state index in [1.165, 1.54) is 15.2 Å². The van der Waals surface area contributed by atoms with Crippen LogP contribution in [0.4, 0.5) is 0 Å². The third-order valence-electron chi connectivity index (χ3n) is 4.15. The second kappa shape index (κ2) is 7.38. The van der Waals surface area contributed by atoms with Gasteiger partial charge in [0.15, 0.2) is 5.82 Å². The molecule has 11 heteroatoms. The van der Waals surface area contributed by atoms with Crippen molar-refractivity contribution in [3.8, 4) is 5.75 Å². The Kier molecular flexibility index (Phi) is 5.18. The van der Waals surface area contributed by atoms with Crippen molar-refractivity contribution in [3.05, 3.63) is 35.7 Å². The lowest BCUT2D eigenvalue weighted by atomic mass is 10.1. The summed E-state index contributed by atoms with van der Waals surface area (Å²) in [5, 5.41) is 11.1. The van der Waals surface area contributed by atoms with Gasteiger partial charge >= 0.3 is 0 Å². The molecule has 0 unspecified atom stereocenters. The number of amides is 1. The first-order valence-electron chi connectivity index (χ1n) is 8.03. The number of hydrogen-bond donors (Lipinski definition) is 0. The van der Waals surface area contributed by atoms with Crippen molar-refractivity contribution in [1.82, 2.24) is 29.4 Å². The van der Waals surface area contributed by atoms with Crippen molar-refractivity contribution in [3.63, 3.8) is 0 Å². The minimum absolute atomic E-state index is 0.149. The van der Waals surface area contributed by atoms with E-state index in [0.717, 1.165) is 0 Å². The molecule has 0 spiro atoms. The lowest BCUT2D eigenvalue weighted by molar-refractivity contribution is 0.0697. The van der Waals surface area contributed by atoms with E-state index in [1.807, 2.05) is 0 Å². The molecule has 26 heavy (non-hydrogen) atoms. The monoisotopic (exact) mass is 380 g/mol. The number of piperazine rings is 1. The molecule has 2 heterocycles. The Balaban J connectivity index is 1.62. The van der Waals surface area contributed by atoms with Crippen LogP contribution in [-0.2, 0) is 23.7 Å². The molecule has 1 fully saturated rings. The van der Waals surface area contributed by atoms with Gasteiger partial charge in [-0.2, -0.15) is 4.31 Å². The van der Waals surface area contributed by atoms with Crippen molar-refractivity contribution in [2.75, 3.05) is 32.4 Å². The number of hydrogen-bond acceptors (Lipinski definition) is 7. The SMILES string of the molecule is Cn1nnnc1COc1cccc(C(=O)N2CCN(S(C)(=O)=O)CC2)c1. The van der Waals surface area contributed by atoms with E-state index in [2.05, 4.69) is 15.5 Å². The van der Waals surface area contributed by atoms with E-state index in [-0.39, 0.29) is 12.5 Å². The summed E-state index contributed by atoms with van der Waals surface area (Å²) in [4.78, 5) is 14.3. The number of aromatic nitrogens is 4. The molecule has 1 aliphatic heterocycles. The number of benzene rings is 1. The Hall–Kier alpha value is -2.53. The van der Waals surface area contributed by atoms with Crippen LogP contribution in [0.25, 0.3) is 0 Å². The van der Waals surface area contributed by atoms with Gasteiger partial charge in [-0.3, -0.25) is 4.79 Å². The van der Waals surface area contributed by atoms with Crippen molar-refractivity contribution < 1.29 is 17.9 Å². The first-order chi connectivity index (χ1) is 12.3. The van der Waals surface area contributed by atoms with Gasteiger partial charge in [0.2, 0.25) is 10.0 Å². The number of carbonyl (C=O) groups is 1. The minimum atomic E-state index is -3.22. The molecule has 140 valence electrons. The molecule has 0 N–H and O–H groups in total. The first kappa shape index (κ1) is 18.3. The molecule has 2 aromatic rings. The van der Waals surface area contributed by atoms with Gasteiger partial charge in [-0.05, 0) is 28.6 Å². The van der Waals surface area contributed by atoms with Crippen LogP contribution >= 0.6 is 0 Å². The van der Waals surface area contributed by atoms with Crippen molar-refractivity contribution >= 4 is 15.9 Å². The Morgan fingerprint density at radius 3 is 2.58 bits per heavy atom. The van der Waals surface area contributed by atoms with Gasteiger partial charge in [0.05, 0.1) is 6.26 Å². The molecule has 1 aromatic heterocycles. The smallest absolute Gasteiger partial charge is 0.254 e. The Morgan fingerprint density at radius 1 is 1.23 bits per heavy atom. The zero-order valence-corrected chi connectivity index (χ0v) is 15.4. The van der Waals surface area contributed by atoms with E-state index in [9.17, 15) is 13.2 Å². The summed E-state index contributed by atoms with van der Waals surface area (Å²) in [7, 11) is -1.50. The number of ether oxygens (including phenoxy) is 1. The Bertz CT molecular complexity index is 889. The average molecular weight is 380 g/mol. The summed E-state index contributed by atoms with van der Waals surface area (Å²) in [5.74, 6) is 0.955. The van der Waals surface area contributed by atoms with Gasteiger partial charge in [0.1, 0.15) is 12.4 Å². The number of tetrazole rings is 1. The van der Waals surface area contributed by atoms with Crippen LogP contribution < -0.4 is 4.74 Å². The zero-order chi connectivity index (χ0) is 18.7. The molecule has 0 aliphatic carbocycles. The molecule has 0 radical (unpaired) electrons. The highest BCUT2D eigenvalue weighted by Gasteiger charge is 2.26. The predicted octanol–water partition coefficient (Wildman–Crippen LogP) is -0.493. The molecule has 1 aromatic carbocycles. The maximum atomic E-state index is 12.7. The van der Waals surface area contributed by atoms with Crippen LogP contribution in [0.3, 0.4) is 0 Å². The van der Waals surface area contributed by atoms with E-state index < -0.39 is 10.0 Å². The summed E-state index contributed by atoms with van der Waals surface area (Å²) >= 11 is 0. The van der Waals surface area contributed by atoms with Crippen LogP contribution in [0, 0.1) is 0 Å². The predicted molar refractivity (Wildman–Crippen MR) is 91.9 cm³/mol. The van der Waals surface area contributed by atoms with E-state index in [1.54, 1.807) is 36.2 Å². The zero-order valence-electron chi connectivity index (χ0n) is 14.6. The molecule has 1 amide bonds. The van der Waals surface area contributed by atoms with Gasteiger partial charge in [0, 0.05) is 38.8 Å². The third kappa shape index (κ3) is 4.17. The van der Waals surface area contributed by atoms with Gasteiger partial charge in [0.25, 0.3) is 5.91 Å². The van der Waals surface area contributed by atoms with E-state index in [4.69, 9.17) is 4.74 Å².